The van der Waals surface area contributed by atoms with Gasteiger partial charge in [-0.1, -0.05) is 12.1 Å². The van der Waals surface area contributed by atoms with Crippen LogP contribution in [0.3, 0.4) is 0 Å². The van der Waals surface area contributed by atoms with E-state index in [4.69, 9.17) is 5.11 Å². The number of rotatable bonds is 7. The molecular weight excluding hydrogens is 314 g/mol. The highest BCUT2D eigenvalue weighted by molar-refractivity contribution is 7.89. The van der Waals surface area contributed by atoms with Gasteiger partial charge in [-0.3, -0.25) is 4.79 Å². The molecule has 5 nitrogen and oxygen atoms in total. The second-order valence-corrected chi connectivity index (χ2v) is 7.94. The van der Waals surface area contributed by atoms with Crippen molar-refractivity contribution >= 4 is 16.0 Å². The van der Waals surface area contributed by atoms with E-state index in [2.05, 4.69) is 6.58 Å². The predicted molar refractivity (Wildman–Crippen MR) is 89.1 cm³/mol. The Morgan fingerprint density at radius 1 is 1.35 bits per heavy atom. The van der Waals surface area contributed by atoms with E-state index in [1.165, 1.54) is 4.31 Å². The monoisotopic (exact) mass is 337 g/mol. The smallest absolute Gasteiger partial charge is 0.307 e. The normalized spacial score (nSPS) is 15.0. The zero-order valence-electron chi connectivity index (χ0n) is 13.8. The Balaban J connectivity index is 2.61. The molecule has 0 bridgehead atoms. The van der Waals surface area contributed by atoms with Gasteiger partial charge in [0.15, 0.2) is 0 Å². The van der Waals surface area contributed by atoms with Crippen molar-refractivity contribution in [3.05, 3.63) is 41.0 Å². The third kappa shape index (κ3) is 3.48. The Labute approximate surface area is 137 Å². The van der Waals surface area contributed by atoms with Gasteiger partial charge in [-0.2, -0.15) is 4.31 Å². The van der Waals surface area contributed by atoms with Crippen LogP contribution in [0.15, 0.2) is 23.6 Å². The van der Waals surface area contributed by atoms with Crippen LogP contribution in [0.1, 0.15) is 35.1 Å². The van der Waals surface area contributed by atoms with E-state index in [0.29, 0.717) is 16.7 Å². The summed E-state index contributed by atoms with van der Waals surface area (Å²) in [6.45, 7) is 9.20. The summed E-state index contributed by atoms with van der Waals surface area (Å²) in [5.41, 5.74) is 2.59. The quantitative estimate of drug-likeness (QED) is 0.776. The number of hydrogen-bond donors (Lipinski definition) is 1. The maximum absolute atomic E-state index is 13.1. The first-order valence-corrected chi connectivity index (χ1v) is 9.08. The standard InChI is InChI=1S/C17H23NO4S/c1-5-8-18(14-6-7-14)23(21,22)17-12(3)9-11(2)15(13(17)4)10-16(19)20/h5,9,14H,1,6-8,10H2,2-4H3,(H,19,20). The Morgan fingerprint density at radius 2 is 1.96 bits per heavy atom. The molecule has 0 spiro atoms. The predicted octanol–water partition coefficient (Wildman–Crippen LogP) is 2.58. The number of carboxylic acids is 1. The van der Waals surface area contributed by atoms with Gasteiger partial charge in [-0.05, 0) is 55.9 Å². The molecule has 2 rings (SSSR count). The average molecular weight is 337 g/mol. The van der Waals surface area contributed by atoms with Gasteiger partial charge in [0, 0.05) is 12.6 Å². The molecule has 0 radical (unpaired) electrons. The number of hydrogen-bond acceptors (Lipinski definition) is 3. The molecule has 1 aromatic carbocycles. The minimum Gasteiger partial charge on any atom is -0.481 e. The number of aryl methyl sites for hydroxylation is 2. The maximum atomic E-state index is 13.1. The lowest BCUT2D eigenvalue weighted by Crippen LogP contribution is -2.34. The largest absolute Gasteiger partial charge is 0.481 e. The number of aliphatic carboxylic acids is 1. The van der Waals surface area contributed by atoms with Gasteiger partial charge in [-0.25, -0.2) is 8.42 Å². The fourth-order valence-corrected chi connectivity index (χ4v) is 5.19. The third-order valence-electron chi connectivity index (χ3n) is 4.22. The summed E-state index contributed by atoms with van der Waals surface area (Å²) in [5, 5.41) is 9.10. The Bertz CT molecular complexity index is 748. The van der Waals surface area contributed by atoms with Gasteiger partial charge in [0.25, 0.3) is 0 Å². The van der Waals surface area contributed by atoms with E-state index in [9.17, 15) is 13.2 Å². The number of carbonyl (C=O) groups is 1. The van der Waals surface area contributed by atoms with Crippen molar-refractivity contribution in [2.45, 2.75) is 51.0 Å². The van der Waals surface area contributed by atoms with Crippen molar-refractivity contribution in [2.75, 3.05) is 6.54 Å². The van der Waals surface area contributed by atoms with Crippen LogP contribution in [-0.4, -0.2) is 36.4 Å². The Hall–Kier alpha value is -1.66. The molecule has 0 atom stereocenters. The van der Waals surface area contributed by atoms with Gasteiger partial charge in [0.05, 0.1) is 11.3 Å². The van der Waals surface area contributed by atoms with Gasteiger partial charge in [-0.15, -0.1) is 6.58 Å². The van der Waals surface area contributed by atoms with E-state index in [0.717, 1.165) is 18.4 Å². The fraction of sp³-hybridized carbons (Fsp3) is 0.471. The molecule has 0 saturated heterocycles. The Morgan fingerprint density at radius 3 is 2.43 bits per heavy atom. The van der Waals surface area contributed by atoms with Crippen molar-refractivity contribution in [1.29, 1.82) is 0 Å². The van der Waals surface area contributed by atoms with Crippen LogP contribution in [0, 0.1) is 20.8 Å². The molecule has 1 N–H and O–H groups in total. The van der Waals surface area contributed by atoms with E-state index in [1.54, 1.807) is 26.0 Å². The molecular formula is C17H23NO4S. The number of benzene rings is 1. The second-order valence-electron chi connectivity index (χ2n) is 6.11. The maximum Gasteiger partial charge on any atom is 0.307 e. The molecule has 0 aromatic heterocycles. The van der Waals surface area contributed by atoms with Crippen molar-refractivity contribution in [1.82, 2.24) is 4.31 Å². The molecule has 0 amide bonds. The Kier molecular flexibility index (Phi) is 4.96. The minimum absolute atomic E-state index is 0.0287. The minimum atomic E-state index is -3.67. The van der Waals surface area contributed by atoms with Crippen LogP contribution in [0.25, 0.3) is 0 Å². The highest BCUT2D eigenvalue weighted by Crippen LogP contribution is 2.35. The highest BCUT2D eigenvalue weighted by atomic mass is 32.2. The van der Waals surface area contributed by atoms with Gasteiger partial charge in [0.1, 0.15) is 0 Å². The lowest BCUT2D eigenvalue weighted by molar-refractivity contribution is -0.136. The fourth-order valence-electron chi connectivity index (χ4n) is 3.08. The third-order valence-corrected chi connectivity index (χ3v) is 6.43. The summed E-state index contributed by atoms with van der Waals surface area (Å²) in [6.07, 6.45) is 3.14. The molecule has 0 aliphatic heterocycles. The van der Waals surface area contributed by atoms with Gasteiger partial charge in [0.2, 0.25) is 10.0 Å². The summed E-state index contributed by atoms with van der Waals surface area (Å²) in [4.78, 5) is 11.3. The summed E-state index contributed by atoms with van der Waals surface area (Å²) < 4.78 is 27.7. The highest BCUT2D eigenvalue weighted by Gasteiger charge is 2.39. The van der Waals surface area contributed by atoms with Crippen LogP contribution in [0.5, 0.6) is 0 Å². The molecule has 23 heavy (non-hydrogen) atoms. The zero-order chi connectivity index (χ0) is 17.4. The molecule has 1 aliphatic rings. The molecule has 6 heteroatoms. The molecule has 126 valence electrons. The lowest BCUT2D eigenvalue weighted by Gasteiger charge is -2.24. The number of sulfonamides is 1. The summed E-state index contributed by atoms with van der Waals surface area (Å²) in [5.74, 6) is -0.964. The summed E-state index contributed by atoms with van der Waals surface area (Å²) in [7, 11) is -3.67. The second kappa shape index (κ2) is 6.45. The van der Waals surface area contributed by atoms with E-state index in [1.807, 2.05) is 6.92 Å². The van der Waals surface area contributed by atoms with Crippen molar-refractivity contribution in [3.63, 3.8) is 0 Å². The topological polar surface area (TPSA) is 74.7 Å². The zero-order valence-corrected chi connectivity index (χ0v) is 14.6. The molecule has 1 aliphatic carbocycles. The first-order chi connectivity index (χ1) is 10.7. The first-order valence-electron chi connectivity index (χ1n) is 7.64. The van der Waals surface area contributed by atoms with Gasteiger partial charge < -0.3 is 5.11 Å². The van der Waals surface area contributed by atoms with E-state index < -0.39 is 16.0 Å². The lowest BCUT2D eigenvalue weighted by atomic mass is 9.97. The van der Waals surface area contributed by atoms with E-state index in [-0.39, 0.29) is 23.9 Å². The average Bonchev–Trinajstić information content (AvgIpc) is 3.24. The van der Waals surface area contributed by atoms with Crippen molar-refractivity contribution < 1.29 is 18.3 Å². The first kappa shape index (κ1) is 17.7. The molecule has 0 unspecified atom stereocenters. The van der Waals surface area contributed by atoms with Crippen LogP contribution in [-0.2, 0) is 21.2 Å². The number of carboxylic acid groups (broad SMARTS) is 1. The summed E-state index contributed by atoms with van der Waals surface area (Å²) in [6, 6.07) is 1.79. The molecule has 1 aromatic rings. The molecule has 1 saturated carbocycles. The SMILES string of the molecule is C=CCN(C1CC1)S(=O)(=O)c1c(C)cc(C)c(CC(=O)O)c1C. The summed E-state index contributed by atoms with van der Waals surface area (Å²) >= 11 is 0. The van der Waals surface area contributed by atoms with E-state index >= 15 is 0 Å². The van der Waals surface area contributed by atoms with Crippen LogP contribution in [0.4, 0.5) is 0 Å². The van der Waals surface area contributed by atoms with Crippen LogP contribution < -0.4 is 0 Å². The molecule has 0 heterocycles. The number of nitrogens with zero attached hydrogens (tertiary/aromatic N) is 1. The van der Waals surface area contributed by atoms with Crippen molar-refractivity contribution in [3.8, 4) is 0 Å². The van der Waals surface area contributed by atoms with Crippen molar-refractivity contribution in [2.24, 2.45) is 0 Å². The van der Waals surface area contributed by atoms with Crippen LogP contribution in [0.2, 0.25) is 0 Å². The molecule has 1 fully saturated rings. The van der Waals surface area contributed by atoms with Crippen LogP contribution >= 0.6 is 0 Å². The van der Waals surface area contributed by atoms with Gasteiger partial charge >= 0.3 is 5.97 Å².